The molecule has 1 unspecified atom stereocenters. The molecule has 1 saturated carbocycles. The van der Waals surface area contributed by atoms with Gasteiger partial charge < -0.3 is 5.43 Å². The topological polar surface area (TPSA) is 97.1 Å². The summed E-state index contributed by atoms with van der Waals surface area (Å²) in [4.78, 5) is 3.95. The van der Waals surface area contributed by atoms with Crippen LogP contribution in [0.4, 0.5) is 5.82 Å². The molecule has 1 aliphatic carbocycles. The Balaban J connectivity index is 2.24. The molecule has 1 aromatic heterocycles. The number of sulfonamides is 1. The first-order valence-electron chi connectivity index (χ1n) is 6.91. The third-order valence-corrected chi connectivity index (χ3v) is 5.79. The molecule has 1 atom stereocenters. The summed E-state index contributed by atoms with van der Waals surface area (Å²) in [5.41, 5.74) is 2.26. The Morgan fingerprint density at radius 3 is 2.71 bits per heavy atom. The molecule has 0 aliphatic heterocycles. The maximum Gasteiger partial charge on any atom is 0.242 e. The normalized spacial score (nSPS) is 22.0. The van der Waals surface area contributed by atoms with Crippen molar-refractivity contribution in [1.82, 2.24) is 9.71 Å². The van der Waals surface area contributed by atoms with Gasteiger partial charge in [0.2, 0.25) is 10.0 Å². The molecule has 8 heteroatoms. The van der Waals surface area contributed by atoms with E-state index in [1.165, 1.54) is 12.3 Å². The van der Waals surface area contributed by atoms with Crippen molar-refractivity contribution < 1.29 is 8.42 Å². The lowest BCUT2D eigenvalue weighted by atomic mass is 9.74. The number of hydrazine groups is 1. The molecule has 0 saturated heterocycles. The first-order valence-corrected chi connectivity index (χ1v) is 8.77. The lowest BCUT2D eigenvalue weighted by Gasteiger charge is -2.38. The number of halogens is 1. The molecule has 0 aromatic carbocycles. The number of nitrogen functional groups attached to an aromatic ring is 1. The van der Waals surface area contributed by atoms with Crippen LogP contribution in [-0.2, 0) is 10.0 Å². The molecule has 2 rings (SSSR count). The number of nitrogens with one attached hydrogen (secondary N) is 2. The predicted octanol–water partition coefficient (Wildman–Crippen LogP) is 2.27. The van der Waals surface area contributed by atoms with Crippen molar-refractivity contribution in [2.45, 2.75) is 50.5 Å². The van der Waals surface area contributed by atoms with E-state index in [2.05, 4.69) is 29.0 Å². The Bertz CT molecular complexity index is 619. The van der Waals surface area contributed by atoms with Crippen LogP contribution in [0.15, 0.2) is 17.2 Å². The molecule has 0 spiro atoms. The van der Waals surface area contributed by atoms with Gasteiger partial charge in [0, 0.05) is 12.2 Å². The number of nitrogens with two attached hydrogens (primary N) is 1. The van der Waals surface area contributed by atoms with Crippen LogP contribution < -0.4 is 16.0 Å². The highest BCUT2D eigenvalue weighted by atomic mass is 35.5. The zero-order chi connectivity index (χ0) is 15.7. The highest BCUT2D eigenvalue weighted by molar-refractivity contribution is 7.89. The monoisotopic (exact) mass is 332 g/mol. The van der Waals surface area contributed by atoms with Crippen molar-refractivity contribution in [3.05, 3.63) is 17.3 Å². The Kier molecular flexibility index (Phi) is 4.77. The van der Waals surface area contributed by atoms with Gasteiger partial charge in [0.05, 0.1) is 5.02 Å². The molecule has 1 fully saturated rings. The summed E-state index contributed by atoms with van der Waals surface area (Å²) in [6, 6.07) is 1.27. The molecule has 0 amide bonds. The van der Waals surface area contributed by atoms with Gasteiger partial charge in [-0.3, -0.25) is 0 Å². The SMILES string of the molecule is CC1(C)CCCCC1NS(=O)(=O)c1cnc(NN)c(Cl)c1. The number of rotatable bonds is 4. The van der Waals surface area contributed by atoms with E-state index in [9.17, 15) is 8.42 Å². The highest BCUT2D eigenvalue weighted by Crippen LogP contribution is 2.36. The summed E-state index contributed by atoms with van der Waals surface area (Å²) in [6.07, 6.45) is 5.27. The lowest BCUT2D eigenvalue weighted by Crippen LogP contribution is -2.46. The minimum Gasteiger partial charge on any atom is -0.307 e. The number of pyridine rings is 1. The van der Waals surface area contributed by atoms with Crippen molar-refractivity contribution in [3.63, 3.8) is 0 Å². The molecule has 1 aromatic rings. The van der Waals surface area contributed by atoms with Crippen LogP contribution in [0.5, 0.6) is 0 Å². The summed E-state index contributed by atoms with van der Waals surface area (Å²) < 4.78 is 27.7. The van der Waals surface area contributed by atoms with Crippen molar-refractivity contribution in [2.24, 2.45) is 11.3 Å². The Labute approximate surface area is 130 Å². The van der Waals surface area contributed by atoms with Gasteiger partial charge in [-0.2, -0.15) is 0 Å². The van der Waals surface area contributed by atoms with E-state index in [-0.39, 0.29) is 27.2 Å². The summed E-state index contributed by atoms with van der Waals surface area (Å²) in [5.74, 6) is 5.48. The van der Waals surface area contributed by atoms with Crippen molar-refractivity contribution in [3.8, 4) is 0 Å². The molecule has 1 heterocycles. The smallest absolute Gasteiger partial charge is 0.242 e. The van der Waals surface area contributed by atoms with Crippen LogP contribution >= 0.6 is 11.6 Å². The number of hydrogen-bond donors (Lipinski definition) is 3. The van der Waals surface area contributed by atoms with E-state index in [0.29, 0.717) is 0 Å². The van der Waals surface area contributed by atoms with Gasteiger partial charge in [0.15, 0.2) is 5.82 Å². The van der Waals surface area contributed by atoms with E-state index in [4.69, 9.17) is 17.4 Å². The maximum absolute atomic E-state index is 12.5. The molecule has 21 heavy (non-hydrogen) atoms. The van der Waals surface area contributed by atoms with Gasteiger partial charge in [-0.25, -0.2) is 24.0 Å². The summed E-state index contributed by atoms with van der Waals surface area (Å²) in [7, 11) is -3.64. The number of anilines is 1. The van der Waals surface area contributed by atoms with E-state index in [0.717, 1.165) is 25.7 Å². The van der Waals surface area contributed by atoms with Gasteiger partial charge in [-0.15, -0.1) is 0 Å². The van der Waals surface area contributed by atoms with Gasteiger partial charge in [0.25, 0.3) is 0 Å². The minimum atomic E-state index is -3.64. The van der Waals surface area contributed by atoms with Gasteiger partial charge in [-0.05, 0) is 24.3 Å². The predicted molar refractivity (Wildman–Crippen MR) is 83.4 cm³/mol. The standard InChI is InChI=1S/C13H21ClN4O2S/c1-13(2)6-4-3-5-11(13)18-21(19,20)9-7-10(14)12(17-15)16-8-9/h7-8,11,18H,3-6,15H2,1-2H3,(H,16,17). The van der Waals surface area contributed by atoms with Crippen molar-refractivity contribution in [2.75, 3.05) is 5.43 Å². The first-order chi connectivity index (χ1) is 9.76. The van der Waals surface area contributed by atoms with Crippen LogP contribution in [0.1, 0.15) is 39.5 Å². The van der Waals surface area contributed by atoms with Crippen LogP contribution in [-0.4, -0.2) is 19.4 Å². The minimum absolute atomic E-state index is 0.0490. The average molecular weight is 333 g/mol. The number of hydrogen-bond acceptors (Lipinski definition) is 5. The number of aromatic nitrogens is 1. The Hall–Kier alpha value is -0.890. The highest BCUT2D eigenvalue weighted by Gasteiger charge is 2.35. The molecule has 0 bridgehead atoms. The zero-order valence-corrected chi connectivity index (χ0v) is 13.8. The van der Waals surface area contributed by atoms with Crippen LogP contribution in [0.3, 0.4) is 0 Å². The lowest BCUT2D eigenvalue weighted by molar-refractivity contribution is 0.188. The van der Waals surface area contributed by atoms with E-state index in [1.54, 1.807) is 0 Å². The third-order valence-electron chi connectivity index (χ3n) is 4.07. The van der Waals surface area contributed by atoms with Crippen LogP contribution in [0.2, 0.25) is 5.02 Å². The molecular formula is C13H21ClN4O2S. The summed E-state index contributed by atoms with van der Waals surface area (Å²) in [6.45, 7) is 4.18. The fourth-order valence-electron chi connectivity index (χ4n) is 2.64. The maximum atomic E-state index is 12.5. The molecule has 6 nitrogen and oxygen atoms in total. The fraction of sp³-hybridized carbons (Fsp3) is 0.615. The zero-order valence-electron chi connectivity index (χ0n) is 12.2. The van der Waals surface area contributed by atoms with Gasteiger partial charge in [-0.1, -0.05) is 38.3 Å². The van der Waals surface area contributed by atoms with Gasteiger partial charge in [0.1, 0.15) is 4.90 Å². The summed E-state index contributed by atoms with van der Waals surface area (Å²) >= 11 is 5.94. The number of nitrogens with zero attached hydrogens (tertiary/aromatic N) is 1. The first kappa shape index (κ1) is 16.5. The second kappa shape index (κ2) is 6.08. The van der Waals surface area contributed by atoms with Crippen LogP contribution in [0, 0.1) is 5.41 Å². The molecule has 1 aliphatic rings. The second-order valence-corrected chi connectivity index (χ2v) is 8.18. The third kappa shape index (κ3) is 3.66. The van der Waals surface area contributed by atoms with E-state index < -0.39 is 10.0 Å². The van der Waals surface area contributed by atoms with E-state index >= 15 is 0 Å². The quantitative estimate of drug-likeness (QED) is 0.580. The molecule has 0 radical (unpaired) electrons. The Morgan fingerprint density at radius 2 is 2.14 bits per heavy atom. The molecule has 4 N–H and O–H groups in total. The van der Waals surface area contributed by atoms with E-state index in [1.807, 2.05) is 0 Å². The summed E-state index contributed by atoms with van der Waals surface area (Å²) in [5, 5.41) is 0.170. The van der Waals surface area contributed by atoms with Crippen molar-refractivity contribution >= 4 is 27.4 Å². The average Bonchev–Trinajstić information content (AvgIpc) is 2.41. The Morgan fingerprint density at radius 1 is 1.43 bits per heavy atom. The molecule has 118 valence electrons. The van der Waals surface area contributed by atoms with Crippen molar-refractivity contribution in [1.29, 1.82) is 0 Å². The van der Waals surface area contributed by atoms with Crippen LogP contribution in [0.25, 0.3) is 0 Å². The van der Waals surface area contributed by atoms with Gasteiger partial charge >= 0.3 is 0 Å². The largest absolute Gasteiger partial charge is 0.307 e. The second-order valence-electron chi connectivity index (χ2n) is 6.05. The fourth-order valence-corrected chi connectivity index (χ4v) is 4.34. The molecular weight excluding hydrogens is 312 g/mol.